The van der Waals surface area contributed by atoms with Gasteiger partial charge in [0.15, 0.2) is 0 Å². The van der Waals surface area contributed by atoms with Crippen molar-refractivity contribution in [2.24, 2.45) is 5.92 Å². The summed E-state index contributed by atoms with van der Waals surface area (Å²) in [4.78, 5) is 19.9. The van der Waals surface area contributed by atoms with Gasteiger partial charge in [-0.05, 0) is 49.2 Å². The van der Waals surface area contributed by atoms with Crippen LogP contribution in [-0.2, 0) is 4.79 Å². The first-order valence-corrected chi connectivity index (χ1v) is 14.7. The van der Waals surface area contributed by atoms with E-state index in [9.17, 15) is 18.3 Å². The zero-order valence-electron chi connectivity index (χ0n) is 21.0. The van der Waals surface area contributed by atoms with Crippen molar-refractivity contribution in [3.8, 4) is 28.8 Å². The summed E-state index contributed by atoms with van der Waals surface area (Å²) in [6, 6.07) is 15.8. The molecule has 1 aliphatic carbocycles. The summed E-state index contributed by atoms with van der Waals surface area (Å²) in [5.74, 6) is 0.664. The normalized spacial score (nSPS) is 21.9. The SMILES string of the molecule is N#CCNC(=O)[C@@H]1CCCC[C@H]1c1oc(-c2ccc(F)cc2)nc1-c1ccc(N2CCS(O)(O)CC2)cc1. The molecule has 1 aromatic heterocycles. The lowest BCUT2D eigenvalue weighted by Crippen LogP contribution is -2.38. The minimum Gasteiger partial charge on any atom is -0.440 e. The van der Waals surface area contributed by atoms with Gasteiger partial charge in [0.25, 0.3) is 0 Å². The molecule has 5 rings (SSSR count). The molecule has 3 N–H and O–H groups in total. The van der Waals surface area contributed by atoms with Crippen LogP contribution in [0.15, 0.2) is 52.9 Å². The van der Waals surface area contributed by atoms with Crippen molar-refractivity contribution in [2.45, 2.75) is 31.6 Å². The predicted molar refractivity (Wildman–Crippen MR) is 145 cm³/mol. The first-order chi connectivity index (χ1) is 18.3. The Labute approximate surface area is 222 Å². The number of nitriles is 1. The van der Waals surface area contributed by atoms with Gasteiger partial charge in [-0.25, -0.2) is 9.37 Å². The van der Waals surface area contributed by atoms with Gasteiger partial charge in [-0.3, -0.25) is 13.9 Å². The molecule has 10 heteroatoms. The molecule has 0 spiro atoms. The lowest BCUT2D eigenvalue weighted by atomic mass is 9.76. The number of anilines is 1. The molecule has 8 nitrogen and oxygen atoms in total. The average Bonchev–Trinajstić information content (AvgIpc) is 3.37. The first-order valence-electron chi connectivity index (χ1n) is 12.8. The van der Waals surface area contributed by atoms with Crippen LogP contribution in [0.2, 0.25) is 0 Å². The molecule has 2 atom stereocenters. The highest BCUT2D eigenvalue weighted by molar-refractivity contribution is 8.24. The number of hydrogen-bond acceptors (Lipinski definition) is 7. The molecule has 0 radical (unpaired) electrons. The van der Waals surface area contributed by atoms with E-state index < -0.39 is 10.6 Å². The van der Waals surface area contributed by atoms with Crippen LogP contribution in [-0.4, -0.2) is 51.1 Å². The molecule has 2 aliphatic rings. The summed E-state index contributed by atoms with van der Waals surface area (Å²) >= 11 is 0. The lowest BCUT2D eigenvalue weighted by Gasteiger charge is -2.41. The predicted octanol–water partition coefficient (Wildman–Crippen LogP) is 5.63. The Morgan fingerprint density at radius 1 is 1.08 bits per heavy atom. The molecule has 0 unspecified atom stereocenters. The number of rotatable bonds is 6. The van der Waals surface area contributed by atoms with Crippen molar-refractivity contribution >= 4 is 22.2 Å². The number of carbonyl (C=O) groups is 1. The van der Waals surface area contributed by atoms with Crippen molar-refractivity contribution in [3.05, 3.63) is 60.1 Å². The van der Waals surface area contributed by atoms with Crippen LogP contribution < -0.4 is 10.2 Å². The van der Waals surface area contributed by atoms with E-state index in [0.717, 1.165) is 30.5 Å². The lowest BCUT2D eigenvalue weighted by molar-refractivity contribution is -0.126. The molecule has 1 amide bonds. The van der Waals surface area contributed by atoms with Crippen molar-refractivity contribution in [1.29, 1.82) is 5.26 Å². The third-order valence-electron chi connectivity index (χ3n) is 7.41. The largest absolute Gasteiger partial charge is 0.440 e. The van der Waals surface area contributed by atoms with Crippen molar-refractivity contribution in [2.75, 3.05) is 36.0 Å². The number of nitrogens with one attached hydrogen (secondary N) is 1. The number of oxazole rings is 1. The van der Waals surface area contributed by atoms with Crippen LogP contribution in [0.5, 0.6) is 0 Å². The topological polar surface area (TPSA) is 123 Å². The summed E-state index contributed by atoms with van der Waals surface area (Å²) < 4.78 is 39.8. The number of nitrogens with zero attached hydrogens (tertiary/aromatic N) is 3. The molecule has 3 aromatic rings. The Morgan fingerprint density at radius 3 is 2.42 bits per heavy atom. The van der Waals surface area contributed by atoms with E-state index in [-0.39, 0.29) is 30.1 Å². The number of hydrogen-bond donors (Lipinski definition) is 3. The van der Waals surface area contributed by atoms with Gasteiger partial charge in [0.05, 0.1) is 17.6 Å². The maximum atomic E-state index is 13.6. The summed E-state index contributed by atoms with van der Waals surface area (Å²) in [6.07, 6.45) is 3.32. The number of halogens is 1. The Hall–Kier alpha value is -3.39. The van der Waals surface area contributed by atoms with E-state index in [1.807, 2.05) is 30.3 Å². The van der Waals surface area contributed by atoms with E-state index in [1.165, 1.54) is 12.1 Å². The second kappa shape index (κ2) is 11.2. The fourth-order valence-electron chi connectivity index (χ4n) is 5.34. The Kier molecular flexibility index (Phi) is 7.70. The Balaban J connectivity index is 1.49. The van der Waals surface area contributed by atoms with Gasteiger partial charge in [-0.1, -0.05) is 25.0 Å². The van der Waals surface area contributed by atoms with Gasteiger partial charge < -0.3 is 14.6 Å². The van der Waals surface area contributed by atoms with Gasteiger partial charge in [0.2, 0.25) is 11.8 Å². The highest BCUT2D eigenvalue weighted by Crippen LogP contribution is 2.44. The quantitative estimate of drug-likeness (QED) is 0.348. The smallest absolute Gasteiger partial charge is 0.226 e. The number of benzene rings is 2. The number of carbonyl (C=O) groups excluding carboxylic acids is 1. The zero-order valence-corrected chi connectivity index (χ0v) is 21.8. The molecule has 1 aliphatic heterocycles. The van der Waals surface area contributed by atoms with Crippen LogP contribution in [0.25, 0.3) is 22.7 Å². The van der Waals surface area contributed by atoms with E-state index >= 15 is 0 Å². The standard InChI is InChI=1S/C28H31FN4O4S/c29-21-9-5-20(6-10-21)28-32-25(19-7-11-22(12-8-19)33-15-17-38(35,36)18-16-33)26(37-28)23-3-1-2-4-24(23)27(34)31-14-13-30/h5-12,23-24,35-36H,1-4,14-18H2,(H,31,34)/t23-,24-/m1/s1. The van der Waals surface area contributed by atoms with E-state index in [1.54, 1.807) is 12.1 Å². The van der Waals surface area contributed by atoms with Crippen LogP contribution in [0.1, 0.15) is 37.4 Å². The van der Waals surface area contributed by atoms with Crippen LogP contribution in [0.3, 0.4) is 0 Å². The van der Waals surface area contributed by atoms with E-state index in [4.69, 9.17) is 14.7 Å². The van der Waals surface area contributed by atoms with E-state index in [0.29, 0.717) is 53.9 Å². The molecule has 1 saturated carbocycles. The first kappa shape index (κ1) is 26.2. The van der Waals surface area contributed by atoms with Crippen molar-refractivity contribution in [3.63, 3.8) is 0 Å². The summed E-state index contributed by atoms with van der Waals surface area (Å²) in [5.41, 5.74) is 3.11. The Morgan fingerprint density at radius 2 is 1.74 bits per heavy atom. The molecule has 2 aromatic carbocycles. The number of amides is 1. The highest BCUT2D eigenvalue weighted by Gasteiger charge is 2.37. The summed E-state index contributed by atoms with van der Waals surface area (Å²) in [5, 5.41) is 11.6. The fraction of sp³-hybridized carbons (Fsp3) is 0.393. The zero-order chi connectivity index (χ0) is 26.7. The van der Waals surface area contributed by atoms with Crippen molar-refractivity contribution in [1.82, 2.24) is 10.3 Å². The maximum absolute atomic E-state index is 13.6. The van der Waals surface area contributed by atoms with Gasteiger partial charge in [0.1, 0.15) is 23.8 Å². The van der Waals surface area contributed by atoms with Gasteiger partial charge >= 0.3 is 0 Å². The third-order valence-corrected chi connectivity index (χ3v) is 9.08. The van der Waals surface area contributed by atoms with Gasteiger partial charge in [-0.15, -0.1) is 0 Å². The van der Waals surface area contributed by atoms with Crippen LogP contribution >= 0.6 is 10.6 Å². The van der Waals surface area contributed by atoms with Gasteiger partial charge in [-0.2, -0.15) is 15.9 Å². The average molecular weight is 539 g/mol. The summed E-state index contributed by atoms with van der Waals surface area (Å²) in [6.45, 7) is 1.11. The highest BCUT2D eigenvalue weighted by atomic mass is 32.3. The van der Waals surface area contributed by atoms with Crippen molar-refractivity contribution < 1.29 is 22.7 Å². The summed E-state index contributed by atoms with van der Waals surface area (Å²) in [7, 11) is -2.48. The minimum absolute atomic E-state index is 0.0424. The van der Waals surface area contributed by atoms with Gasteiger partial charge in [0, 0.05) is 41.7 Å². The molecule has 2 heterocycles. The maximum Gasteiger partial charge on any atom is 0.226 e. The van der Waals surface area contributed by atoms with Crippen LogP contribution in [0, 0.1) is 23.1 Å². The molecule has 38 heavy (non-hydrogen) atoms. The molecular weight excluding hydrogens is 507 g/mol. The van der Waals surface area contributed by atoms with E-state index in [2.05, 4.69) is 10.2 Å². The second-order valence-corrected chi connectivity index (χ2v) is 12.3. The fourth-order valence-corrected chi connectivity index (χ4v) is 6.57. The van der Waals surface area contributed by atoms with Crippen LogP contribution in [0.4, 0.5) is 10.1 Å². The number of aromatic nitrogens is 1. The molecule has 200 valence electrons. The molecule has 0 bridgehead atoms. The third kappa shape index (κ3) is 5.70. The second-order valence-electron chi connectivity index (χ2n) is 9.86. The Bertz CT molecular complexity index is 1310. The minimum atomic E-state index is -2.48. The molecular formula is C28H31FN4O4S. The monoisotopic (exact) mass is 538 g/mol. The molecule has 1 saturated heterocycles. The molecule has 2 fully saturated rings.